The zero-order chi connectivity index (χ0) is 41.4. The molecule has 0 saturated heterocycles. The molecule has 1 N–H and O–H groups in total. The Bertz CT molecular complexity index is 1270. The maximum Gasteiger partial charge on any atom is 0.472 e. The first kappa shape index (κ1) is 52.9. The second-order valence-electron chi connectivity index (χ2n) is 14.6. The number of carbonyl (C=O) groups is 2. The highest BCUT2D eigenvalue weighted by molar-refractivity contribution is 7.47. The van der Waals surface area contributed by atoms with Gasteiger partial charge in [0.2, 0.25) is 0 Å². The van der Waals surface area contributed by atoms with Crippen LogP contribution in [0.3, 0.4) is 0 Å². The maximum atomic E-state index is 12.7. The van der Waals surface area contributed by atoms with E-state index in [2.05, 4.69) is 111 Å². The van der Waals surface area contributed by atoms with E-state index in [-0.39, 0.29) is 26.1 Å². The second-order valence-corrected chi connectivity index (χ2v) is 16.1. The molecular weight excluding hydrogens is 725 g/mol. The third kappa shape index (κ3) is 40.6. The van der Waals surface area contributed by atoms with Crippen molar-refractivity contribution >= 4 is 19.8 Å². The first-order valence-corrected chi connectivity index (χ1v) is 22.5. The highest BCUT2D eigenvalue weighted by Crippen LogP contribution is 2.43. The van der Waals surface area contributed by atoms with Gasteiger partial charge in [-0.2, -0.15) is 0 Å². The molecule has 0 saturated carbocycles. The van der Waals surface area contributed by atoms with Crippen LogP contribution in [-0.2, 0) is 32.7 Å². The van der Waals surface area contributed by atoms with E-state index in [1.54, 1.807) is 0 Å². The fourth-order valence-corrected chi connectivity index (χ4v) is 5.62. The minimum atomic E-state index is -4.40. The minimum Gasteiger partial charge on any atom is -0.462 e. The smallest absolute Gasteiger partial charge is 0.462 e. The highest BCUT2D eigenvalue weighted by Gasteiger charge is 2.27. The molecule has 0 aliphatic carbocycles. The number of carbonyl (C=O) groups excluding carboxylic acids is 2. The molecule has 0 fully saturated rings. The number of unbranched alkanes of at least 4 members (excludes halogenated alkanes) is 6. The number of allylic oxidation sites excluding steroid dienone is 16. The van der Waals surface area contributed by atoms with Crippen molar-refractivity contribution in [2.45, 2.75) is 136 Å². The predicted octanol–water partition coefficient (Wildman–Crippen LogP) is 11.8. The topological polar surface area (TPSA) is 108 Å². The van der Waals surface area contributed by atoms with Gasteiger partial charge in [-0.3, -0.25) is 18.6 Å². The van der Waals surface area contributed by atoms with Crippen molar-refractivity contribution in [1.29, 1.82) is 0 Å². The van der Waals surface area contributed by atoms with E-state index in [4.69, 9.17) is 18.5 Å². The predicted molar refractivity (Wildman–Crippen MR) is 233 cm³/mol. The number of phosphoric acid groups is 1. The SMILES string of the molecule is CC/C=C\C/C=C\C/C=C\C/C=C\CCCCCCC(=O)OC(COC(=O)CCCC/C=C\C/C=C\C/C=C\C/C=C\CC)COP(=O)(O)OCC[N+](C)(C)C. The number of nitrogens with zero attached hydrogens (tertiary/aromatic N) is 1. The molecular formula is C46H77NO8P+. The number of hydrogen-bond acceptors (Lipinski definition) is 7. The minimum absolute atomic E-state index is 0.0138. The lowest BCUT2D eigenvalue weighted by molar-refractivity contribution is -0.870. The molecule has 0 aromatic carbocycles. The first-order chi connectivity index (χ1) is 27.0. The molecule has 0 heterocycles. The standard InChI is InChI=1S/C46H76NO8P/c1-6-8-10-12-14-16-18-20-22-23-25-27-29-31-33-35-37-39-46(49)55-44(43-54-56(50,51)53-41-40-47(3,4)5)42-52-45(48)38-36-34-32-30-28-26-24-21-19-17-15-13-11-9-7-2/h8-11,14-17,20-22,24-25,27-28,30,44H,6-7,12-13,18-19,23,26,29,31-43H2,1-5H3/p+1/b10-8-,11-9-,16-14-,17-15-,22-20-,24-21-,27-25-,30-28-. The summed E-state index contributed by atoms with van der Waals surface area (Å²) in [4.78, 5) is 35.3. The number of likely N-dealkylation sites (N-methyl/N-ethyl adjacent to an activating group) is 1. The Kier molecular flexibility index (Phi) is 35.4. The van der Waals surface area contributed by atoms with Gasteiger partial charge in [0.25, 0.3) is 0 Å². The summed E-state index contributed by atoms with van der Waals surface area (Å²) < 4.78 is 34.2. The van der Waals surface area contributed by atoms with Crippen LogP contribution in [0.4, 0.5) is 0 Å². The van der Waals surface area contributed by atoms with Crippen LogP contribution < -0.4 is 0 Å². The Morgan fingerprint density at radius 3 is 1.45 bits per heavy atom. The van der Waals surface area contributed by atoms with E-state index in [1.165, 1.54) is 0 Å². The average Bonchev–Trinajstić information content (AvgIpc) is 3.15. The summed E-state index contributed by atoms with van der Waals surface area (Å²) in [5.41, 5.74) is 0. The van der Waals surface area contributed by atoms with Crippen LogP contribution in [0, 0.1) is 0 Å². The quantitative estimate of drug-likeness (QED) is 0.0219. The van der Waals surface area contributed by atoms with Crippen LogP contribution in [0.25, 0.3) is 0 Å². The number of hydrogen-bond donors (Lipinski definition) is 1. The van der Waals surface area contributed by atoms with E-state index in [9.17, 15) is 19.0 Å². The summed E-state index contributed by atoms with van der Waals surface area (Å²) >= 11 is 0. The summed E-state index contributed by atoms with van der Waals surface area (Å²) in [6.07, 6.45) is 48.9. The van der Waals surface area contributed by atoms with Gasteiger partial charge in [0, 0.05) is 12.8 Å². The van der Waals surface area contributed by atoms with E-state index >= 15 is 0 Å². The van der Waals surface area contributed by atoms with Gasteiger partial charge in [-0.25, -0.2) is 4.57 Å². The molecule has 0 aliphatic rings. The number of rotatable bonds is 36. The van der Waals surface area contributed by atoms with Gasteiger partial charge in [0.15, 0.2) is 6.10 Å². The number of quaternary nitrogens is 1. The number of phosphoric ester groups is 1. The fourth-order valence-electron chi connectivity index (χ4n) is 4.88. The van der Waals surface area contributed by atoms with Gasteiger partial charge in [0.1, 0.15) is 19.8 Å². The van der Waals surface area contributed by atoms with Gasteiger partial charge < -0.3 is 18.9 Å². The van der Waals surface area contributed by atoms with Crippen molar-refractivity contribution < 1.29 is 42.1 Å². The van der Waals surface area contributed by atoms with Crippen molar-refractivity contribution in [2.24, 2.45) is 0 Å². The highest BCUT2D eigenvalue weighted by atomic mass is 31.2. The Balaban J connectivity index is 4.53. The molecule has 0 spiro atoms. The molecule has 2 unspecified atom stereocenters. The molecule has 318 valence electrons. The normalized spacial score (nSPS) is 14.6. The molecule has 0 aromatic rings. The van der Waals surface area contributed by atoms with Crippen LogP contribution in [0.1, 0.15) is 129 Å². The van der Waals surface area contributed by atoms with E-state index in [1.807, 2.05) is 21.1 Å². The molecule has 2 atom stereocenters. The lowest BCUT2D eigenvalue weighted by Crippen LogP contribution is -2.37. The molecule has 56 heavy (non-hydrogen) atoms. The Morgan fingerprint density at radius 2 is 0.964 bits per heavy atom. The van der Waals surface area contributed by atoms with Crippen molar-refractivity contribution in [3.63, 3.8) is 0 Å². The van der Waals surface area contributed by atoms with Gasteiger partial charge >= 0.3 is 19.8 Å². The zero-order valence-corrected chi connectivity index (χ0v) is 36.5. The van der Waals surface area contributed by atoms with Crippen molar-refractivity contribution in [2.75, 3.05) is 47.5 Å². The summed E-state index contributed by atoms with van der Waals surface area (Å²) in [5, 5.41) is 0. The number of ether oxygens (including phenoxy) is 2. The van der Waals surface area contributed by atoms with Crippen LogP contribution >= 0.6 is 7.82 Å². The molecule has 0 bridgehead atoms. The van der Waals surface area contributed by atoms with E-state index in [0.29, 0.717) is 23.9 Å². The molecule has 0 amide bonds. The van der Waals surface area contributed by atoms with Gasteiger partial charge in [0.05, 0.1) is 27.7 Å². The second kappa shape index (κ2) is 37.5. The maximum absolute atomic E-state index is 12.7. The molecule has 0 aromatic heterocycles. The molecule has 9 nitrogen and oxygen atoms in total. The Morgan fingerprint density at radius 1 is 0.554 bits per heavy atom. The molecule has 0 rings (SSSR count). The fraction of sp³-hybridized carbons (Fsp3) is 0.609. The van der Waals surface area contributed by atoms with E-state index in [0.717, 1.165) is 89.9 Å². The lowest BCUT2D eigenvalue weighted by atomic mass is 10.1. The summed E-state index contributed by atoms with van der Waals surface area (Å²) in [6, 6.07) is 0. The van der Waals surface area contributed by atoms with Crippen LogP contribution in [0.5, 0.6) is 0 Å². The van der Waals surface area contributed by atoms with E-state index < -0.39 is 32.5 Å². The summed E-state index contributed by atoms with van der Waals surface area (Å²) in [6.45, 7) is 4.08. The first-order valence-electron chi connectivity index (χ1n) is 21.0. The molecule has 10 heteroatoms. The zero-order valence-electron chi connectivity index (χ0n) is 35.6. The van der Waals surface area contributed by atoms with Gasteiger partial charge in [-0.15, -0.1) is 0 Å². The van der Waals surface area contributed by atoms with Crippen molar-refractivity contribution in [3.8, 4) is 0 Å². The lowest BCUT2D eigenvalue weighted by Gasteiger charge is -2.24. The van der Waals surface area contributed by atoms with Crippen molar-refractivity contribution in [3.05, 3.63) is 97.2 Å². The third-order valence-corrected chi connectivity index (χ3v) is 9.09. The van der Waals surface area contributed by atoms with Crippen LogP contribution in [0.15, 0.2) is 97.2 Å². The summed E-state index contributed by atoms with van der Waals surface area (Å²) in [7, 11) is 1.41. The molecule has 0 radical (unpaired) electrons. The van der Waals surface area contributed by atoms with Crippen LogP contribution in [-0.4, -0.2) is 74.9 Å². The van der Waals surface area contributed by atoms with Crippen molar-refractivity contribution in [1.82, 2.24) is 0 Å². The Labute approximate surface area is 341 Å². The average molecular weight is 803 g/mol. The monoisotopic (exact) mass is 803 g/mol. The largest absolute Gasteiger partial charge is 0.472 e. The van der Waals surface area contributed by atoms with Crippen LogP contribution in [0.2, 0.25) is 0 Å². The molecule has 0 aliphatic heterocycles. The van der Waals surface area contributed by atoms with Gasteiger partial charge in [-0.1, -0.05) is 124 Å². The van der Waals surface area contributed by atoms with Gasteiger partial charge in [-0.05, 0) is 89.9 Å². The summed E-state index contributed by atoms with van der Waals surface area (Å²) in [5.74, 6) is -0.888. The third-order valence-electron chi connectivity index (χ3n) is 8.11. The number of esters is 2. The Hall–Kier alpha value is -3.07.